The largest absolute Gasteiger partial charge is 0.497 e. The Hall–Kier alpha value is -2.62. The molecule has 2 heterocycles. The van der Waals surface area contributed by atoms with Crippen LogP contribution in [0.2, 0.25) is 0 Å². The molecule has 1 N–H and O–H groups in total. The molecule has 1 aliphatic carbocycles. The number of halogens is 2. The monoisotopic (exact) mass is 601 g/mol. The van der Waals surface area contributed by atoms with E-state index in [0.29, 0.717) is 23.0 Å². The van der Waals surface area contributed by atoms with E-state index in [-0.39, 0.29) is 5.91 Å². The van der Waals surface area contributed by atoms with Crippen LogP contribution in [-0.2, 0) is 19.4 Å². The Kier molecular flexibility index (Phi) is 6.50. The number of ether oxygens (including phenoxy) is 2. The number of thiazole rings is 1. The summed E-state index contributed by atoms with van der Waals surface area (Å²) in [5, 5.41) is 3.56. The Bertz CT molecular complexity index is 1360. The summed E-state index contributed by atoms with van der Waals surface area (Å²) in [6.07, 6.45) is 1.79. The molecular weight excluding hydrogens is 582 g/mol. The lowest BCUT2D eigenvalue weighted by Gasteiger charge is -2.10. The van der Waals surface area contributed by atoms with Gasteiger partial charge in [-0.05, 0) is 92.2 Å². The average molecular weight is 603 g/mol. The second kappa shape index (κ2) is 9.56. The highest BCUT2D eigenvalue weighted by Crippen LogP contribution is 2.46. The smallest absolute Gasteiger partial charge is 0.257 e. The number of fused-ring (bicyclic) bond motifs is 3. The fraction of sp³-hybridized carbons (Fsp3) is 0.200. The van der Waals surface area contributed by atoms with E-state index in [9.17, 15) is 4.79 Å². The van der Waals surface area contributed by atoms with Gasteiger partial charge in [-0.25, -0.2) is 4.98 Å². The predicted molar refractivity (Wildman–Crippen MR) is 141 cm³/mol. The Morgan fingerprint density at radius 3 is 2.29 bits per heavy atom. The normalized spacial score (nSPS) is 12.1. The van der Waals surface area contributed by atoms with Crippen molar-refractivity contribution in [2.75, 3.05) is 19.5 Å². The molecule has 1 aliphatic rings. The van der Waals surface area contributed by atoms with Gasteiger partial charge in [0.2, 0.25) is 0 Å². The van der Waals surface area contributed by atoms with Crippen LogP contribution >= 0.6 is 43.2 Å². The zero-order chi connectivity index (χ0) is 23.8. The highest BCUT2D eigenvalue weighted by atomic mass is 79.9. The second-order valence-corrected chi connectivity index (χ2v) is 10.4. The standard InChI is InChI=1S/C25H21Br2N3O3S/c1-32-16-7-3-14(4-8-16)13-30-22(26)18-11-12-19-21(20(18)23(30)27)28-25(34-19)29-24(31)15-5-9-17(33-2)10-6-15/h3-10H,11-13H2,1-2H3,(H,28,29,31). The fourth-order valence-corrected chi connectivity index (χ4v) is 6.68. The number of aryl methyl sites for hydroxylation is 1. The van der Waals surface area contributed by atoms with Crippen molar-refractivity contribution >= 4 is 54.2 Å². The highest BCUT2D eigenvalue weighted by molar-refractivity contribution is 9.11. The van der Waals surface area contributed by atoms with Crippen LogP contribution in [0.3, 0.4) is 0 Å². The number of carbonyl (C=O) groups excluding carboxylic acids is 1. The molecule has 0 unspecified atom stereocenters. The molecule has 0 fully saturated rings. The minimum atomic E-state index is -0.189. The minimum Gasteiger partial charge on any atom is -0.497 e. The predicted octanol–water partition coefficient (Wildman–Crippen LogP) is 6.55. The first-order chi connectivity index (χ1) is 16.5. The van der Waals surface area contributed by atoms with Gasteiger partial charge in [0.05, 0.1) is 29.1 Å². The van der Waals surface area contributed by atoms with Crippen molar-refractivity contribution in [1.82, 2.24) is 9.55 Å². The SMILES string of the molecule is COc1ccc(Cn2c(Br)c3c(c2Br)-c2nc(NC(=O)c4ccc(OC)cc4)sc2CC3)cc1. The first-order valence-electron chi connectivity index (χ1n) is 10.6. The highest BCUT2D eigenvalue weighted by Gasteiger charge is 2.29. The number of hydrogen-bond acceptors (Lipinski definition) is 5. The molecule has 1 amide bonds. The van der Waals surface area contributed by atoms with Gasteiger partial charge in [-0.2, -0.15) is 0 Å². The molecule has 0 bridgehead atoms. The number of aromatic nitrogens is 2. The van der Waals surface area contributed by atoms with Crippen LogP contribution in [0.5, 0.6) is 11.5 Å². The third-order valence-corrected chi connectivity index (χ3v) is 8.60. The van der Waals surface area contributed by atoms with Crippen molar-refractivity contribution < 1.29 is 14.3 Å². The van der Waals surface area contributed by atoms with Crippen LogP contribution in [-0.4, -0.2) is 29.7 Å². The Morgan fingerprint density at radius 1 is 1.00 bits per heavy atom. The summed E-state index contributed by atoms with van der Waals surface area (Å²) in [6.45, 7) is 0.707. The van der Waals surface area contributed by atoms with Crippen LogP contribution in [0.25, 0.3) is 11.3 Å². The van der Waals surface area contributed by atoms with Crippen molar-refractivity contribution in [3.63, 3.8) is 0 Å². The maximum absolute atomic E-state index is 12.7. The third-order valence-electron chi connectivity index (χ3n) is 5.84. The molecule has 6 nitrogen and oxygen atoms in total. The van der Waals surface area contributed by atoms with Gasteiger partial charge in [-0.15, -0.1) is 11.3 Å². The van der Waals surface area contributed by atoms with Crippen LogP contribution < -0.4 is 14.8 Å². The minimum absolute atomic E-state index is 0.189. The maximum Gasteiger partial charge on any atom is 0.257 e. The molecule has 4 aromatic rings. The summed E-state index contributed by atoms with van der Waals surface area (Å²) in [4.78, 5) is 18.7. The first-order valence-corrected chi connectivity index (χ1v) is 13.0. The Morgan fingerprint density at radius 2 is 1.65 bits per heavy atom. The number of carbonyl (C=O) groups is 1. The van der Waals surface area contributed by atoms with E-state index in [1.54, 1.807) is 38.5 Å². The van der Waals surface area contributed by atoms with Crippen LogP contribution in [0.1, 0.15) is 26.4 Å². The van der Waals surface area contributed by atoms with Gasteiger partial charge in [0.1, 0.15) is 11.5 Å². The summed E-state index contributed by atoms with van der Waals surface area (Å²) < 4.78 is 14.7. The third kappa shape index (κ3) is 4.28. The molecule has 34 heavy (non-hydrogen) atoms. The summed E-state index contributed by atoms with van der Waals surface area (Å²) in [6, 6.07) is 15.1. The summed E-state index contributed by atoms with van der Waals surface area (Å²) in [5.41, 5.74) is 4.97. The number of amides is 1. The van der Waals surface area contributed by atoms with E-state index in [1.165, 1.54) is 27.3 Å². The maximum atomic E-state index is 12.7. The van der Waals surface area contributed by atoms with Crippen molar-refractivity contribution in [1.29, 1.82) is 0 Å². The van der Waals surface area contributed by atoms with Crippen LogP contribution in [0.15, 0.2) is 57.7 Å². The number of nitrogens with one attached hydrogen (secondary N) is 1. The van der Waals surface area contributed by atoms with Gasteiger partial charge in [-0.3, -0.25) is 10.1 Å². The van der Waals surface area contributed by atoms with Gasteiger partial charge in [0.25, 0.3) is 5.91 Å². The van der Waals surface area contributed by atoms with Crippen molar-refractivity contribution in [2.24, 2.45) is 0 Å². The molecule has 174 valence electrons. The van der Waals surface area contributed by atoms with Crippen molar-refractivity contribution in [2.45, 2.75) is 19.4 Å². The topological polar surface area (TPSA) is 65.4 Å². The van der Waals surface area contributed by atoms with Crippen molar-refractivity contribution in [3.8, 4) is 22.8 Å². The Balaban J connectivity index is 1.42. The van der Waals surface area contributed by atoms with E-state index < -0.39 is 0 Å². The van der Waals surface area contributed by atoms with Crippen molar-refractivity contribution in [3.05, 3.63) is 79.3 Å². The molecule has 2 aromatic heterocycles. The quantitative estimate of drug-likeness (QED) is 0.272. The van der Waals surface area contributed by atoms with Gasteiger partial charge >= 0.3 is 0 Å². The zero-order valence-corrected chi connectivity index (χ0v) is 22.5. The zero-order valence-electron chi connectivity index (χ0n) is 18.5. The summed E-state index contributed by atoms with van der Waals surface area (Å²) in [5.74, 6) is 1.36. The van der Waals surface area contributed by atoms with E-state index in [2.05, 4.69) is 53.9 Å². The first kappa shape index (κ1) is 23.1. The summed E-state index contributed by atoms with van der Waals surface area (Å²) >= 11 is 9.18. The van der Waals surface area contributed by atoms with E-state index in [0.717, 1.165) is 39.1 Å². The molecule has 0 atom stereocenters. The number of methoxy groups -OCH3 is 2. The van der Waals surface area contributed by atoms with Gasteiger partial charge in [0.15, 0.2) is 5.13 Å². The average Bonchev–Trinajstić information content (AvgIpc) is 3.38. The van der Waals surface area contributed by atoms with Gasteiger partial charge in [0, 0.05) is 22.5 Å². The van der Waals surface area contributed by atoms with Crippen LogP contribution in [0.4, 0.5) is 5.13 Å². The number of nitrogens with zero attached hydrogens (tertiary/aromatic N) is 2. The van der Waals surface area contributed by atoms with E-state index in [4.69, 9.17) is 14.5 Å². The molecule has 0 spiro atoms. The lowest BCUT2D eigenvalue weighted by Crippen LogP contribution is -2.11. The molecule has 2 aromatic carbocycles. The molecule has 0 aliphatic heterocycles. The molecule has 0 saturated heterocycles. The number of hydrogen-bond donors (Lipinski definition) is 1. The number of benzene rings is 2. The van der Waals surface area contributed by atoms with E-state index >= 15 is 0 Å². The van der Waals surface area contributed by atoms with Gasteiger partial charge in [-0.1, -0.05) is 12.1 Å². The molecule has 0 saturated carbocycles. The number of anilines is 1. The lowest BCUT2D eigenvalue weighted by atomic mass is 9.98. The number of rotatable bonds is 6. The van der Waals surface area contributed by atoms with Crippen LogP contribution in [0, 0.1) is 0 Å². The molecule has 9 heteroatoms. The van der Waals surface area contributed by atoms with Gasteiger partial charge < -0.3 is 14.0 Å². The summed E-state index contributed by atoms with van der Waals surface area (Å²) in [7, 11) is 3.27. The molecule has 5 rings (SSSR count). The second-order valence-electron chi connectivity index (χ2n) is 7.84. The fourth-order valence-electron chi connectivity index (χ4n) is 4.05. The molecule has 0 radical (unpaired) electrons. The van der Waals surface area contributed by atoms with E-state index in [1.807, 2.05) is 12.1 Å². The lowest BCUT2D eigenvalue weighted by molar-refractivity contribution is 0.102. The Labute approximate surface area is 218 Å². The molecular formula is C25H21Br2N3O3S.